The Kier molecular flexibility index (Phi) is 6.10. The van der Waals surface area contributed by atoms with Gasteiger partial charge in [0.2, 0.25) is 0 Å². The summed E-state index contributed by atoms with van der Waals surface area (Å²) < 4.78 is 24.2. The van der Waals surface area contributed by atoms with Crippen LogP contribution in [0.1, 0.15) is 70.7 Å². The lowest BCUT2D eigenvalue weighted by Crippen LogP contribution is -2.59. The number of hydrogen-bond donors (Lipinski definition) is 0. The molecule has 2 fully saturated rings. The van der Waals surface area contributed by atoms with Crippen LogP contribution in [0, 0.1) is 11.3 Å². The van der Waals surface area contributed by atoms with Crippen molar-refractivity contribution in [1.82, 2.24) is 0 Å². The van der Waals surface area contributed by atoms with Gasteiger partial charge in [-0.25, -0.2) is 9.59 Å². The highest BCUT2D eigenvalue weighted by Gasteiger charge is 2.71. The summed E-state index contributed by atoms with van der Waals surface area (Å²) in [6.45, 7) is 9.35. The molecule has 0 aromatic heterocycles. The topological polar surface area (TPSA) is 91.4 Å². The molecule has 1 saturated carbocycles. The van der Waals surface area contributed by atoms with Gasteiger partial charge in [-0.05, 0) is 63.8 Å². The zero-order chi connectivity index (χ0) is 25.8. The van der Waals surface area contributed by atoms with Gasteiger partial charge in [-0.2, -0.15) is 0 Å². The molecule has 4 aliphatic rings. The monoisotopic (exact) mass is 494 g/mol. The van der Waals surface area contributed by atoms with Gasteiger partial charge in [-0.3, -0.25) is 4.79 Å². The predicted molar refractivity (Wildman–Crippen MR) is 131 cm³/mol. The van der Waals surface area contributed by atoms with E-state index in [-0.39, 0.29) is 24.0 Å². The second-order valence-corrected chi connectivity index (χ2v) is 11.0. The summed E-state index contributed by atoms with van der Waals surface area (Å²) in [6.07, 6.45) is 2.72. The molecule has 7 nitrogen and oxygen atoms in total. The number of ether oxygens (including phenoxy) is 4. The highest BCUT2D eigenvalue weighted by molar-refractivity contribution is 5.92. The summed E-state index contributed by atoms with van der Waals surface area (Å²) in [7, 11) is 0. The van der Waals surface area contributed by atoms with Crippen LogP contribution in [0.2, 0.25) is 0 Å². The molecule has 7 atom stereocenters. The summed E-state index contributed by atoms with van der Waals surface area (Å²) in [5.41, 5.74) is 1.82. The molecule has 36 heavy (non-hydrogen) atoms. The highest BCUT2D eigenvalue weighted by Crippen LogP contribution is 2.63. The minimum absolute atomic E-state index is 0.0667. The first kappa shape index (κ1) is 24.8. The van der Waals surface area contributed by atoms with Crippen molar-refractivity contribution in [3.05, 3.63) is 58.7 Å². The second kappa shape index (κ2) is 8.87. The van der Waals surface area contributed by atoms with Gasteiger partial charge >= 0.3 is 17.9 Å². The molecule has 7 unspecified atom stereocenters. The van der Waals surface area contributed by atoms with Crippen molar-refractivity contribution in [3.63, 3.8) is 0 Å². The minimum Gasteiger partial charge on any atom is -0.462 e. The number of allylic oxidation sites excluding steroid dienone is 1. The van der Waals surface area contributed by atoms with Crippen molar-refractivity contribution in [3.8, 4) is 0 Å². The van der Waals surface area contributed by atoms with Gasteiger partial charge in [-0.1, -0.05) is 30.7 Å². The van der Waals surface area contributed by atoms with Crippen LogP contribution < -0.4 is 0 Å². The summed E-state index contributed by atoms with van der Waals surface area (Å²) >= 11 is 0. The molecule has 1 aromatic rings. The van der Waals surface area contributed by atoms with Crippen LogP contribution in [0.5, 0.6) is 0 Å². The van der Waals surface area contributed by atoms with Gasteiger partial charge in [0.1, 0.15) is 18.3 Å². The molecule has 2 aliphatic carbocycles. The average Bonchev–Trinajstić information content (AvgIpc) is 3.42. The fourth-order valence-electron chi connectivity index (χ4n) is 6.59. The fraction of sp³-hybridized carbons (Fsp3) is 0.552. The maximum absolute atomic E-state index is 13.3. The van der Waals surface area contributed by atoms with Crippen LogP contribution in [0.15, 0.2) is 53.1 Å². The maximum atomic E-state index is 13.3. The fourth-order valence-corrected chi connectivity index (χ4v) is 6.59. The number of esters is 3. The van der Waals surface area contributed by atoms with Crippen LogP contribution in [0.3, 0.4) is 0 Å². The third-order valence-corrected chi connectivity index (χ3v) is 8.83. The van der Waals surface area contributed by atoms with E-state index in [2.05, 4.69) is 13.8 Å². The van der Waals surface area contributed by atoms with Crippen LogP contribution in [-0.2, 0) is 28.5 Å². The lowest BCUT2D eigenvalue weighted by Gasteiger charge is -2.51. The first-order valence-electron chi connectivity index (χ1n) is 12.7. The molecule has 1 saturated heterocycles. The van der Waals surface area contributed by atoms with E-state index in [0.717, 1.165) is 11.1 Å². The standard InChI is InChI=1S/C29H34O7/c1-16-11-12-23(35-27(32)19-9-7-6-8-10-19)28(4)22(14-20-17(2)26(31)34-21(20)13-16)29(5)25(36-29)15-24(28)33-18(3)30/h6-10,13,21-25H,11-12,14-15H2,1-5H3. The molecule has 2 aliphatic heterocycles. The van der Waals surface area contributed by atoms with Crippen molar-refractivity contribution < 1.29 is 33.3 Å². The molecule has 5 rings (SSSR count). The van der Waals surface area contributed by atoms with E-state index in [4.69, 9.17) is 18.9 Å². The maximum Gasteiger partial charge on any atom is 0.338 e. The molecular weight excluding hydrogens is 460 g/mol. The second-order valence-electron chi connectivity index (χ2n) is 11.0. The number of carbonyl (C=O) groups excluding carboxylic acids is 3. The first-order valence-corrected chi connectivity index (χ1v) is 12.7. The number of fused-ring (bicyclic) bond motifs is 4. The minimum atomic E-state index is -0.751. The van der Waals surface area contributed by atoms with Crippen LogP contribution in [0.4, 0.5) is 0 Å². The Morgan fingerprint density at radius 1 is 1.06 bits per heavy atom. The van der Waals surface area contributed by atoms with Crippen molar-refractivity contribution in [2.45, 2.75) is 90.3 Å². The smallest absolute Gasteiger partial charge is 0.338 e. The van der Waals surface area contributed by atoms with Gasteiger partial charge in [0.05, 0.1) is 17.3 Å². The highest BCUT2D eigenvalue weighted by atomic mass is 16.6. The Morgan fingerprint density at radius 2 is 1.78 bits per heavy atom. The Bertz CT molecular complexity index is 1150. The molecule has 1 aromatic carbocycles. The van der Waals surface area contributed by atoms with Gasteiger partial charge < -0.3 is 18.9 Å². The molecular formula is C29H34O7. The summed E-state index contributed by atoms with van der Waals surface area (Å²) in [6, 6.07) is 8.94. The largest absolute Gasteiger partial charge is 0.462 e. The molecule has 0 amide bonds. The van der Waals surface area contributed by atoms with Crippen molar-refractivity contribution in [2.75, 3.05) is 0 Å². The quantitative estimate of drug-likeness (QED) is 0.260. The number of hydrogen-bond acceptors (Lipinski definition) is 7. The van der Waals surface area contributed by atoms with Gasteiger partial charge in [-0.15, -0.1) is 0 Å². The van der Waals surface area contributed by atoms with E-state index in [1.165, 1.54) is 6.92 Å². The lowest BCUT2D eigenvalue weighted by atomic mass is 9.56. The van der Waals surface area contributed by atoms with Gasteiger partial charge in [0, 0.05) is 30.3 Å². The predicted octanol–water partition coefficient (Wildman–Crippen LogP) is 4.70. The normalized spacial score (nSPS) is 37.5. The van der Waals surface area contributed by atoms with Crippen LogP contribution >= 0.6 is 0 Å². The van der Waals surface area contributed by atoms with E-state index < -0.39 is 35.3 Å². The molecule has 0 spiro atoms. The molecule has 7 heteroatoms. The lowest BCUT2D eigenvalue weighted by molar-refractivity contribution is -0.175. The van der Waals surface area contributed by atoms with E-state index in [1.807, 2.05) is 19.1 Å². The van der Waals surface area contributed by atoms with Crippen molar-refractivity contribution in [1.29, 1.82) is 0 Å². The molecule has 2 heterocycles. The third kappa shape index (κ3) is 4.07. The third-order valence-electron chi connectivity index (χ3n) is 8.83. The van der Waals surface area contributed by atoms with Crippen LogP contribution in [0.25, 0.3) is 0 Å². The Labute approximate surface area is 211 Å². The van der Waals surface area contributed by atoms with E-state index >= 15 is 0 Å². The Balaban J connectivity index is 1.62. The number of carbonyl (C=O) groups is 3. The zero-order valence-electron chi connectivity index (χ0n) is 21.5. The van der Waals surface area contributed by atoms with E-state index in [9.17, 15) is 14.4 Å². The number of rotatable bonds is 3. The SMILES string of the molecule is CC(=O)OC1CC2OC2(C)C2CC3=C(C)C(=O)OC3C=C(C)CCC(OC(=O)c3ccccc3)C12C. The molecule has 0 radical (unpaired) electrons. The summed E-state index contributed by atoms with van der Waals surface area (Å²) in [5.74, 6) is -1.26. The Hall–Kier alpha value is -2.93. The van der Waals surface area contributed by atoms with Crippen molar-refractivity contribution >= 4 is 17.9 Å². The summed E-state index contributed by atoms with van der Waals surface area (Å²) in [5, 5.41) is 0. The van der Waals surface area contributed by atoms with Crippen LogP contribution in [-0.4, -0.2) is 47.9 Å². The van der Waals surface area contributed by atoms with Crippen molar-refractivity contribution in [2.24, 2.45) is 11.3 Å². The zero-order valence-corrected chi connectivity index (χ0v) is 21.5. The number of epoxide rings is 1. The summed E-state index contributed by atoms with van der Waals surface area (Å²) in [4.78, 5) is 38.1. The van der Waals surface area contributed by atoms with Gasteiger partial charge in [0.25, 0.3) is 0 Å². The molecule has 0 bridgehead atoms. The Morgan fingerprint density at radius 3 is 2.47 bits per heavy atom. The molecule has 192 valence electrons. The van der Waals surface area contributed by atoms with E-state index in [0.29, 0.717) is 36.8 Å². The van der Waals surface area contributed by atoms with E-state index in [1.54, 1.807) is 31.2 Å². The molecule has 0 N–H and O–H groups in total. The van der Waals surface area contributed by atoms with Gasteiger partial charge in [0.15, 0.2) is 0 Å². The average molecular weight is 495 g/mol. The first-order chi connectivity index (χ1) is 17.0. The number of benzene rings is 1.